The third-order valence-corrected chi connectivity index (χ3v) is 3.08. The quantitative estimate of drug-likeness (QED) is 0.871. The van der Waals surface area contributed by atoms with E-state index in [1.54, 1.807) is 0 Å². The third-order valence-electron chi connectivity index (χ3n) is 3.08. The summed E-state index contributed by atoms with van der Waals surface area (Å²) < 4.78 is 5.50. The van der Waals surface area contributed by atoms with E-state index in [2.05, 4.69) is 25.3 Å². The molecule has 3 heterocycles. The minimum absolute atomic E-state index is 0.146. The number of ether oxygens (including phenoxy) is 1. The summed E-state index contributed by atoms with van der Waals surface area (Å²) in [6.07, 6.45) is 7.56. The molecule has 21 heavy (non-hydrogen) atoms. The average Bonchev–Trinajstić information content (AvgIpc) is 3.03. The lowest BCUT2D eigenvalue weighted by Crippen LogP contribution is -2.11. The van der Waals surface area contributed by atoms with Crippen LogP contribution in [0.3, 0.4) is 0 Å². The van der Waals surface area contributed by atoms with Crippen LogP contribution in [0.5, 0.6) is 0 Å². The van der Waals surface area contributed by atoms with Crippen molar-refractivity contribution < 1.29 is 14.6 Å². The van der Waals surface area contributed by atoms with Crippen molar-refractivity contribution in [3.8, 4) is 0 Å². The fourth-order valence-corrected chi connectivity index (χ4v) is 2.11. The Kier molecular flexibility index (Phi) is 3.69. The van der Waals surface area contributed by atoms with Crippen molar-refractivity contribution in [2.45, 2.75) is 18.9 Å². The van der Waals surface area contributed by atoms with Crippen molar-refractivity contribution >= 4 is 17.5 Å². The Hall–Kier alpha value is -2.61. The minimum atomic E-state index is -1.15. The van der Waals surface area contributed by atoms with Gasteiger partial charge in [0.15, 0.2) is 11.5 Å². The summed E-state index contributed by atoms with van der Waals surface area (Å²) >= 11 is 0. The molecule has 108 valence electrons. The highest BCUT2D eigenvalue weighted by atomic mass is 16.5. The highest BCUT2D eigenvalue weighted by Gasteiger charge is 2.23. The predicted octanol–water partition coefficient (Wildman–Crippen LogP) is 1.56. The molecule has 2 N–H and O–H groups in total. The molecule has 0 aliphatic carbocycles. The van der Waals surface area contributed by atoms with Gasteiger partial charge in [0.1, 0.15) is 12.4 Å². The van der Waals surface area contributed by atoms with Gasteiger partial charge in [-0.3, -0.25) is 0 Å². The van der Waals surface area contributed by atoms with Crippen LogP contribution in [-0.4, -0.2) is 37.6 Å². The van der Waals surface area contributed by atoms with Crippen LogP contribution in [0.25, 0.3) is 0 Å². The normalized spacial score (nSPS) is 17.6. The summed E-state index contributed by atoms with van der Waals surface area (Å²) in [5.74, 6) is -0.999. The smallest absolute Gasteiger partial charge is 0.358 e. The molecular weight excluding hydrogens is 274 g/mol. The number of hydrogen-bond donors (Lipinski definition) is 2. The van der Waals surface area contributed by atoms with Gasteiger partial charge in [-0.1, -0.05) is 0 Å². The zero-order chi connectivity index (χ0) is 14.7. The van der Waals surface area contributed by atoms with Crippen molar-refractivity contribution in [3.63, 3.8) is 0 Å². The van der Waals surface area contributed by atoms with Gasteiger partial charge in [0.25, 0.3) is 0 Å². The molecule has 0 radical (unpaired) electrons. The summed E-state index contributed by atoms with van der Waals surface area (Å²) in [7, 11) is 0. The fraction of sp³-hybridized carbons (Fsp3) is 0.308. The van der Waals surface area contributed by atoms with Crippen molar-refractivity contribution in [3.05, 3.63) is 36.3 Å². The predicted molar refractivity (Wildman–Crippen MR) is 72.2 cm³/mol. The van der Waals surface area contributed by atoms with Crippen LogP contribution in [0.1, 0.15) is 35.1 Å². The van der Waals surface area contributed by atoms with E-state index in [1.807, 2.05) is 0 Å². The van der Waals surface area contributed by atoms with Gasteiger partial charge in [-0.25, -0.2) is 24.7 Å². The number of nitrogens with zero attached hydrogens (tertiary/aromatic N) is 4. The highest BCUT2D eigenvalue weighted by Crippen LogP contribution is 2.28. The van der Waals surface area contributed by atoms with Gasteiger partial charge >= 0.3 is 5.97 Å². The van der Waals surface area contributed by atoms with Gasteiger partial charge in [-0.2, -0.15) is 0 Å². The lowest BCUT2D eigenvalue weighted by molar-refractivity contribution is 0.0688. The van der Waals surface area contributed by atoms with Gasteiger partial charge in [0.2, 0.25) is 0 Å². The van der Waals surface area contributed by atoms with Gasteiger partial charge < -0.3 is 15.2 Å². The molecule has 2 aromatic rings. The molecule has 1 atom stereocenters. The molecule has 1 unspecified atom stereocenters. The Morgan fingerprint density at radius 1 is 1.33 bits per heavy atom. The van der Waals surface area contributed by atoms with Crippen molar-refractivity contribution in [1.82, 2.24) is 19.9 Å². The van der Waals surface area contributed by atoms with E-state index in [-0.39, 0.29) is 17.6 Å². The number of aromatic carboxylic acids is 1. The van der Waals surface area contributed by atoms with Crippen molar-refractivity contribution in [1.29, 1.82) is 0 Å². The van der Waals surface area contributed by atoms with Crippen LogP contribution in [0.4, 0.5) is 11.5 Å². The molecule has 1 aliphatic heterocycles. The number of aromatic nitrogens is 4. The summed E-state index contributed by atoms with van der Waals surface area (Å²) in [6, 6.07) is 0. The molecule has 0 spiro atoms. The van der Waals surface area contributed by atoms with E-state index in [0.29, 0.717) is 18.0 Å². The Bertz CT molecular complexity index is 644. The third kappa shape index (κ3) is 2.95. The molecular formula is C13H13N5O3. The Labute approximate surface area is 120 Å². The van der Waals surface area contributed by atoms with Gasteiger partial charge in [0, 0.05) is 6.61 Å². The topological polar surface area (TPSA) is 110 Å². The molecule has 0 bridgehead atoms. The van der Waals surface area contributed by atoms with Crippen LogP contribution in [0.2, 0.25) is 0 Å². The zero-order valence-corrected chi connectivity index (χ0v) is 11.1. The molecule has 0 saturated carbocycles. The molecule has 8 nitrogen and oxygen atoms in total. The first-order valence-electron chi connectivity index (χ1n) is 6.48. The summed E-state index contributed by atoms with van der Waals surface area (Å²) in [5.41, 5.74) is 0.936. The van der Waals surface area contributed by atoms with Gasteiger partial charge in [-0.15, -0.1) is 0 Å². The summed E-state index contributed by atoms with van der Waals surface area (Å²) in [5, 5.41) is 12.1. The molecule has 0 amide bonds. The number of hydrogen-bond acceptors (Lipinski definition) is 7. The molecule has 2 aromatic heterocycles. The lowest BCUT2D eigenvalue weighted by atomic mass is 10.2. The molecule has 8 heteroatoms. The van der Waals surface area contributed by atoms with Gasteiger partial charge in [-0.05, 0) is 12.8 Å². The fourth-order valence-electron chi connectivity index (χ4n) is 2.11. The SMILES string of the molecule is O=C(O)c1nc(C2CCCO2)cnc1Nc1cncnc1. The summed E-state index contributed by atoms with van der Waals surface area (Å²) in [6.45, 7) is 0.663. The monoisotopic (exact) mass is 287 g/mol. The van der Waals surface area contributed by atoms with E-state index in [1.165, 1.54) is 24.9 Å². The highest BCUT2D eigenvalue weighted by molar-refractivity contribution is 5.91. The van der Waals surface area contributed by atoms with E-state index in [0.717, 1.165) is 12.8 Å². The number of carboxylic acids is 1. The van der Waals surface area contributed by atoms with E-state index in [9.17, 15) is 9.90 Å². The maximum atomic E-state index is 11.4. The zero-order valence-electron chi connectivity index (χ0n) is 11.1. The van der Waals surface area contributed by atoms with Crippen molar-refractivity contribution in [2.75, 3.05) is 11.9 Å². The van der Waals surface area contributed by atoms with Crippen LogP contribution in [-0.2, 0) is 4.74 Å². The van der Waals surface area contributed by atoms with Crippen LogP contribution in [0.15, 0.2) is 24.9 Å². The number of carbonyl (C=O) groups is 1. The largest absolute Gasteiger partial charge is 0.476 e. The Balaban J connectivity index is 1.91. The number of anilines is 2. The van der Waals surface area contributed by atoms with Crippen LogP contribution in [0, 0.1) is 0 Å². The maximum Gasteiger partial charge on any atom is 0.358 e. The minimum Gasteiger partial charge on any atom is -0.476 e. The first kappa shape index (κ1) is 13.4. The van der Waals surface area contributed by atoms with Crippen LogP contribution >= 0.6 is 0 Å². The first-order chi connectivity index (χ1) is 10.2. The standard InChI is InChI=1S/C13H13N5O3/c19-13(20)11-12(17-8-4-14-7-15-5-8)16-6-9(18-11)10-2-1-3-21-10/h4-7,10H,1-3H2,(H,16,17)(H,19,20). The summed E-state index contributed by atoms with van der Waals surface area (Å²) in [4.78, 5) is 27.4. The molecule has 0 aromatic carbocycles. The average molecular weight is 287 g/mol. The number of carboxylic acid groups (broad SMARTS) is 1. The molecule has 3 rings (SSSR count). The van der Waals surface area contributed by atoms with Crippen LogP contribution < -0.4 is 5.32 Å². The van der Waals surface area contributed by atoms with E-state index in [4.69, 9.17) is 4.74 Å². The second-order valence-electron chi connectivity index (χ2n) is 4.55. The first-order valence-corrected chi connectivity index (χ1v) is 6.48. The number of rotatable bonds is 4. The van der Waals surface area contributed by atoms with Crippen molar-refractivity contribution in [2.24, 2.45) is 0 Å². The Morgan fingerprint density at radius 2 is 2.14 bits per heavy atom. The number of nitrogens with one attached hydrogen (secondary N) is 1. The molecule has 1 fully saturated rings. The molecule has 1 saturated heterocycles. The second-order valence-corrected chi connectivity index (χ2v) is 4.55. The van der Waals surface area contributed by atoms with E-state index < -0.39 is 5.97 Å². The van der Waals surface area contributed by atoms with E-state index >= 15 is 0 Å². The lowest BCUT2D eigenvalue weighted by Gasteiger charge is -2.12. The maximum absolute atomic E-state index is 11.4. The second kappa shape index (κ2) is 5.80. The van der Waals surface area contributed by atoms with Gasteiger partial charge in [0.05, 0.1) is 30.0 Å². The molecule has 1 aliphatic rings. The Morgan fingerprint density at radius 3 is 2.81 bits per heavy atom.